The molecule has 1 amide bonds. The van der Waals surface area contributed by atoms with E-state index >= 15 is 0 Å². The molecule has 168 valence electrons. The number of benzene rings is 2. The van der Waals surface area contributed by atoms with E-state index in [1.54, 1.807) is 18.2 Å². The highest BCUT2D eigenvalue weighted by Gasteiger charge is 2.24. The van der Waals surface area contributed by atoms with Gasteiger partial charge in [-0.3, -0.25) is 9.59 Å². The van der Waals surface area contributed by atoms with Crippen LogP contribution in [0.5, 0.6) is 17.2 Å². The number of carbonyl (C=O) groups excluding carboxylic acids is 2. The number of sulfonamides is 1. The normalized spacial score (nSPS) is 11.9. The van der Waals surface area contributed by atoms with Crippen LogP contribution in [0.15, 0.2) is 47.4 Å². The zero-order chi connectivity index (χ0) is 23.0. The smallest absolute Gasteiger partial charge is 0.324 e. The van der Waals surface area contributed by atoms with Crippen molar-refractivity contribution in [2.45, 2.75) is 17.9 Å². The van der Waals surface area contributed by atoms with Gasteiger partial charge in [0.15, 0.2) is 6.61 Å². The third kappa shape index (κ3) is 6.59. The van der Waals surface area contributed by atoms with Crippen LogP contribution in [0.1, 0.15) is 6.92 Å². The summed E-state index contributed by atoms with van der Waals surface area (Å²) in [7, 11) is 0.402. The second kappa shape index (κ2) is 10.6. The molecule has 0 spiro atoms. The number of nitrogens with one attached hydrogen (secondary N) is 2. The first-order valence-electron chi connectivity index (χ1n) is 9.05. The van der Waals surface area contributed by atoms with Crippen molar-refractivity contribution in [3.8, 4) is 17.2 Å². The second-order valence-electron chi connectivity index (χ2n) is 6.24. The molecule has 1 atom stereocenters. The molecule has 0 saturated carbocycles. The van der Waals surface area contributed by atoms with Gasteiger partial charge in [-0.1, -0.05) is 0 Å². The molecular weight excluding hydrogens is 428 g/mol. The summed E-state index contributed by atoms with van der Waals surface area (Å²) in [6.07, 6.45) is 0. The van der Waals surface area contributed by atoms with E-state index in [-0.39, 0.29) is 4.90 Å². The molecule has 1 unspecified atom stereocenters. The number of methoxy groups -OCH3 is 3. The monoisotopic (exact) mass is 452 g/mol. The highest BCUT2D eigenvalue weighted by Crippen LogP contribution is 2.28. The van der Waals surface area contributed by atoms with Crippen molar-refractivity contribution in [3.05, 3.63) is 42.5 Å². The Balaban J connectivity index is 1.93. The number of ether oxygens (including phenoxy) is 4. The average Bonchev–Trinajstić information content (AvgIpc) is 2.77. The maximum Gasteiger partial charge on any atom is 0.324 e. The Labute approximate surface area is 180 Å². The van der Waals surface area contributed by atoms with Crippen LogP contribution in [0.4, 0.5) is 5.69 Å². The Bertz CT molecular complexity index is 1020. The maximum absolute atomic E-state index is 12.4. The highest BCUT2D eigenvalue weighted by molar-refractivity contribution is 7.89. The lowest BCUT2D eigenvalue weighted by atomic mass is 10.2. The molecule has 0 aliphatic heterocycles. The van der Waals surface area contributed by atoms with Crippen LogP contribution < -0.4 is 24.2 Å². The molecule has 0 aliphatic rings. The van der Waals surface area contributed by atoms with Crippen molar-refractivity contribution in [3.63, 3.8) is 0 Å². The molecule has 0 fully saturated rings. The molecule has 0 aromatic heterocycles. The largest absolute Gasteiger partial charge is 0.497 e. The SMILES string of the molecule is COc1ccc(S(=O)(=O)NC(C)C(=O)OCC(=O)Nc2cc(OC)ccc2OC)cc1. The first kappa shape index (κ1) is 24.0. The quantitative estimate of drug-likeness (QED) is 0.520. The zero-order valence-corrected chi connectivity index (χ0v) is 18.3. The first-order valence-corrected chi connectivity index (χ1v) is 10.5. The van der Waals surface area contributed by atoms with E-state index in [9.17, 15) is 18.0 Å². The van der Waals surface area contributed by atoms with Crippen molar-refractivity contribution in [2.24, 2.45) is 0 Å². The number of hydrogen-bond donors (Lipinski definition) is 2. The summed E-state index contributed by atoms with van der Waals surface area (Å²) in [5.41, 5.74) is 0.330. The second-order valence-corrected chi connectivity index (χ2v) is 7.95. The van der Waals surface area contributed by atoms with Gasteiger partial charge >= 0.3 is 5.97 Å². The van der Waals surface area contributed by atoms with Crippen LogP contribution >= 0.6 is 0 Å². The lowest BCUT2D eigenvalue weighted by Crippen LogP contribution is -2.40. The van der Waals surface area contributed by atoms with E-state index in [4.69, 9.17) is 18.9 Å². The molecule has 2 aromatic rings. The number of amides is 1. The Morgan fingerprint density at radius 1 is 0.935 bits per heavy atom. The number of esters is 1. The number of carbonyl (C=O) groups is 2. The Morgan fingerprint density at radius 3 is 2.13 bits per heavy atom. The van der Waals surface area contributed by atoms with Gasteiger partial charge in [0.25, 0.3) is 5.91 Å². The van der Waals surface area contributed by atoms with Crippen LogP contribution in [-0.4, -0.2) is 54.3 Å². The van der Waals surface area contributed by atoms with Gasteiger partial charge in [0.2, 0.25) is 10.0 Å². The lowest BCUT2D eigenvalue weighted by molar-refractivity contribution is -0.148. The van der Waals surface area contributed by atoms with E-state index < -0.39 is 34.5 Å². The Kier molecular flexibility index (Phi) is 8.22. The van der Waals surface area contributed by atoms with E-state index in [1.807, 2.05) is 0 Å². The van der Waals surface area contributed by atoms with Crippen LogP contribution in [-0.2, 0) is 24.3 Å². The predicted molar refractivity (Wildman–Crippen MR) is 112 cm³/mol. The van der Waals surface area contributed by atoms with Crippen LogP contribution in [0.3, 0.4) is 0 Å². The average molecular weight is 452 g/mol. The van der Waals surface area contributed by atoms with Crippen molar-refractivity contribution in [1.29, 1.82) is 0 Å². The topological polar surface area (TPSA) is 129 Å². The molecule has 0 saturated heterocycles. The van der Waals surface area contributed by atoms with Crippen LogP contribution in [0.2, 0.25) is 0 Å². The zero-order valence-electron chi connectivity index (χ0n) is 17.5. The van der Waals surface area contributed by atoms with E-state index in [0.29, 0.717) is 22.9 Å². The van der Waals surface area contributed by atoms with Crippen LogP contribution in [0.25, 0.3) is 0 Å². The molecule has 31 heavy (non-hydrogen) atoms. The Hall–Kier alpha value is -3.31. The van der Waals surface area contributed by atoms with E-state index in [2.05, 4.69) is 10.0 Å². The molecule has 2 N–H and O–H groups in total. The third-order valence-corrected chi connectivity index (χ3v) is 5.64. The summed E-state index contributed by atoms with van der Waals surface area (Å²) in [6, 6.07) is 9.24. The fourth-order valence-electron chi connectivity index (χ4n) is 2.46. The minimum atomic E-state index is -3.97. The molecule has 10 nitrogen and oxygen atoms in total. The Morgan fingerprint density at radius 2 is 1.55 bits per heavy atom. The van der Waals surface area contributed by atoms with Gasteiger partial charge in [-0.25, -0.2) is 8.42 Å². The molecular formula is C20H24N2O8S. The molecule has 0 aliphatic carbocycles. The molecule has 11 heteroatoms. The summed E-state index contributed by atoms with van der Waals surface area (Å²) in [5.74, 6) is -0.171. The van der Waals surface area contributed by atoms with Gasteiger partial charge in [0.1, 0.15) is 23.3 Å². The third-order valence-electron chi connectivity index (χ3n) is 4.08. The summed E-state index contributed by atoms with van der Waals surface area (Å²) >= 11 is 0. The molecule has 0 radical (unpaired) electrons. The van der Waals surface area contributed by atoms with Gasteiger partial charge < -0.3 is 24.3 Å². The minimum absolute atomic E-state index is 0.0455. The first-order chi connectivity index (χ1) is 14.7. The van der Waals surface area contributed by atoms with Gasteiger partial charge in [-0.05, 0) is 43.3 Å². The van der Waals surface area contributed by atoms with Gasteiger partial charge in [0, 0.05) is 6.07 Å². The van der Waals surface area contributed by atoms with E-state index in [0.717, 1.165) is 0 Å². The molecule has 2 rings (SSSR count). The number of anilines is 1. The standard InChI is InChI=1S/C20H24N2O8S/c1-13(22-31(25,26)16-8-5-14(27-2)6-9-16)20(24)30-12-19(23)21-17-11-15(28-3)7-10-18(17)29-4/h5-11,13,22H,12H2,1-4H3,(H,21,23). The molecule has 0 heterocycles. The fraction of sp³-hybridized carbons (Fsp3) is 0.300. The minimum Gasteiger partial charge on any atom is -0.497 e. The van der Waals surface area contributed by atoms with Gasteiger partial charge in [0.05, 0.1) is 31.9 Å². The summed E-state index contributed by atoms with van der Waals surface area (Å²) < 4.78 is 47.1. The fourth-order valence-corrected chi connectivity index (χ4v) is 3.66. The molecule has 0 bridgehead atoms. The van der Waals surface area contributed by atoms with Crippen LogP contribution in [0, 0.1) is 0 Å². The summed E-state index contributed by atoms with van der Waals surface area (Å²) in [4.78, 5) is 24.2. The number of hydrogen-bond acceptors (Lipinski definition) is 8. The molecule has 2 aromatic carbocycles. The van der Waals surface area contributed by atoms with E-state index in [1.165, 1.54) is 52.5 Å². The lowest BCUT2D eigenvalue weighted by Gasteiger charge is -2.15. The summed E-state index contributed by atoms with van der Waals surface area (Å²) in [5, 5.41) is 2.54. The maximum atomic E-state index is 12.4. The van der Waals surface area contributed by atoms with Crippen molar-refractivity contribution < 1.29 is 37.0 Å². The summed E-state index contributed by atoms with van der Waals surface area (Å²) in [6.45, 7) is 0.695. The van der Waals surface area contributed by atoms with Crippen molar-refractivity contribution in [2.75, 3.05) is 33.3 Å². The van der Waals surface area contributed by atoms with Crippen molar-refractivity contribution in [1.82, 2.24) is 4.72 Å². The van der Waals surface area contributed by atoms with Gasteiger partial charge in [-0.2, -0.15) is 4.72 Å². The highest BCUT2D eigenvalue weighted by atomic mass is 32.2. The number of rotatable bonds is 10. The van der Waals surface area contributed by atoms with Crippen molar-refractivity contribution >= 4 is 27.6 Å². The predicted octanol–water partition coefficient (Wildman–Crippen LogP) is 1.56. The van der Waals surface area contributed by atoms with Gasteiger partial charge in [-0.15, -0.1) is 0 Å².